The monoisotopic (exact) mass is 309 g/mol. The zero-order chi connectivity index (χ0) is 13.1. The summed E-state index contributed by atoms with van der Waals surface area (Å²) in [5.74, 6) is 0.273. The van der Waals surface area contributed by atoms with Crippen molar-refractivity contribution in [3.05, 3.63) is 39.6 Å². The number of aryl methyl sites for hydroxylation is 1. The summed E-state index contributed by atoms with van der Waals surface area (Å²) in [7, 11) is 0. The summed E-state index contributed by atoms with van der Waals surface area (Å²) in [5, 5.41) is 16.3. The summed E-state index contributed by atoms with van der Waals surface area (Å²) in [5.41, 5.74) is 1.60. The number of carbonyl (C=O) groups excluding carboxylic acids is 1. The van der Waals surface area contributed by atoms with Gasteiger partial charge in [-0.1, -0.05) is 17.3 Å². The summed E-state index contributed by atoms with van der Waals surface area (Å²) in [6, 6.07) is 5.23. The van der Waals surface area contributed by atoms with Crippen molar-refractivity contribution in [2.24, 2.45) is 0 Å². The van der Waals surface area contributed by atoms with Crippen molar-refractivity contribution in [1.82, 2.24) is 25.9 Å². The molecule has 0 saturated heterocycles. The number of aromatic nitrogens is 4. The normalized spacial score (nSPS) is 12.2. The lowest BCUT2D eigenvalue weighted by molar-refractivity contribution is 0.0937. The van der Waals surface area contributed by atoms with Crippen LogP contribution in [0.15, 0.2) is 22.7 Å². The second kappa shape index (κ2) is 5.26. The summed E-state index contributed by atoms with van der Waals surface area (Å²) >= 11 is 3.41. The van der Waals surface area contributed by atoms with Gasteiger partial charge in [0.05, 0.1) is 11.6 Å². The molecule has 6 nitrogen and oxygen atoms in total. The highest BCUT2D eigenvalue weighted by atomic mass is 79.9. The molecule has 0 fully saturated rings. The van der Waals surface area contributed by atoms with Gasteiger partial charge in [-0.2, -0.15) is 5.21 Å². The van der Waals surface area contributed by atoms with Crippen molar-refractivity contribution < 1.29 is 4.79 Å². The number of hydrogen-bond donors (Lipinski definition) is 2. The van der Waals surface area contributed by atoms with Crippen molar-refractivity contribution in [3.8, 4) is 0 Å². The summed E-state index contributed by atoms with van der Waals surface area (Å²) in [4.78, 5) is 12.1. The van der Waals surface area contributed by atoms with Gasteiger partial charge >= 0.3 is 0 Å². The third kappa shape index (κ3) is 2.56. The Hall–Kier alpha value is -1.76. The van der Waals surface area contributed by atoms with E-state index < -0.39 is 0 Å². The smallest absolute Gasteiger partial charge is 0.253 e. The number of amides is 1. The highest BCUT2D eigenvalue weighted by Gasteiger charge is 2.17. The number of nitrogens with zero attached hydrogens (tertiary/aromatic N) is 3. The van der Waals surface area contributed by atoms with Gasteiger partial charge in [0, 0.05) is 4.47 Å². The SMILES string of the molecule is Cc1cccc(C(=O)NC(C)c2nn[nH]n2)c1Br. The highest BCUT2D eigenvalue weighted by Crippen LogP contribution is 2.21. The molecule has 94 valence electrons. The van der Waals surface area contributed by atoms with E-state index >= 15 is 0 Å². The largest absolute Gasteiger partial charge is 0.342 e. The molecule has 1 unspecified atom stereocenters. The predicted octanol–water partition coefficient (Wildman–Crippen LogP) is 1.76. The molecular weight excluding hydrogens is 298 g/mol. The van der Waals surface area contributed by atoms with Crippen molar-refractivity contribution in [2.75, 3.05) is 0 Å². The van der Waals surface area contributed by atoms with E-state index in [1.807, 2.05) is 19.1 Å². The Labute approximate surface area is 112 Å². The molecule has 1 heterocycles. The van der Waals surface area contributed by atoms with E-state index in [1.54, 1.807) is 13.0 Å². The van der Waals surface area contributed by atoms with Crippen molar-refractivity contribution in [2.45, 2.75) is 19.9 Å². The van der Waals surface area contributed by atoms with Crippen LogP contribution in [0.5, 0.6) is 0 Å². The van der Waals surface area contributed by atoms with Gasteiger partial charge in [-0.15, -0.1) is 10.2 Å². The Morgan fingerprint density at radius 3 is 2.94 bits per heavy atom. The molecule has 1 aromatic carbocycles. The fourth-order valence-corrected chi connectivity index (χ4v) is 1.96. The molecule has 0 aliphatic rings. The lowest BCUT2D eigenvalue weighted by atomic mass is 10.1. The van der Waals surface area contributed by atoms with E-state index in [9.17, 15) is 4.79 Å². The van der Waals surface area contributed by atoms with E-state index in [0.29, 0.717) is 11.4 Å². The lowest BCUT2D eigenvalue weighted by Gasteiger charge is -2.11. The molecule has 2 rings (SSSR count). The molecule has 1 amide bonds. The van der Waals surface area contributed by atoms with Gasteiger partial charge in [0.2, 0.25) is 0 Å². The van der Waals surface area contributed by atoms with E-state index in [4.69, 9.17) is 0 Å². The Kier molecular flexibility index (Phi) is 3.71. The fourth-order valence-electron chi connectivity index (χ4n) is 1.51. The predicted molar refractivity (Wildman–Crippen MR) is 68.9 cm³/mol. The summed E-state index contributed by atoms with van der Waals surface area (Å²) in [6.07, 6.45) is 0. The first kappa shape index (κ1) is 12.7. The maximum absolute atomic E-state index is 12.1. The van der Waals surface area contributed by atoms with Gasteiger partial charge < -0.3 is 5.32 Å². The number of tetrazole rings is 1. The second-order valence-electron chi connectivity index (χ2n) is 3.90. The molecule has 7 heteroatoms. The molecule has 0 radical (unpaired) electrons. The first-order chi connectivity index (χ1) is 8.59. The van der Waals surface area contributed by atoms with Gasteiger partial charge in [-0.05, 0) is 41.4 Å². The number of halogens is 1. The molecule has 0 saturated carbocycles. The van der Waals surface area contributed by atoms with Crippen LogP contribution >= 0.6 is 15.9 Å². The average Bonchev–Trinajstić information content (AvgIpc) is 2.86. The van der Waals surface area contributed by atoms with Crippen LogP contribution in [0.1, 0.15) is 34.7 Å². The minimum atomic E-state index is -0.302. The van der Waals surface area contributed by atoms with E-state index in [0.717, 1.165) is 10.0 Å². The van der Waals surface area contributed by atoms with Crippen molar-refractivity contribution in [3.63, 3.8) is 0 Å². The van der Waals surface area contributed by atoms with Gasteiger partial charge in [0.1, 0.15) is 0 Å². The van der Waals surface area contributed by atoms with E-state index in [-0.39, 0.29) is 11.9 Å². The molecule has 18 heavy (non-hydrogen) atoms. The second-order valence-corrected chi connectivity index (χ2v) is 4.69. The maximum Gasteiger partial charge on any atom is 0.253 e. The number of hydrogen-bond acceptors (Lipinski definition) is 4. The van der Waals surface area contributed by atoms with Crippen LogP contribution < -0.4 is 5.32 Å². The molecular formula is C11H12BrN5O. The Balaban J connectivity index is 2.15. The first-order valence-corrected chi connectivity index (χ1v) is 6.18. The average molecular weight is 310 g/mol. The van der Waals surface area contributed by atoms with E-state index in [1.165, 1.54) is 0 Å². The molecule has 0 spiro atoms. The topological polar surface area (TPSA) is 83.6 Å². The third-order valence-electron chi connectivity index (χ3n) is 2.53. The van der Waals surface area contributed by atoms with Crippen LogP contribution in [0.3, 0.4) is 0 Å². The fraction of sp³-hybridized carbons (Fsp3) is 0.273. The Morgan fingerprint density at radius 2 is 2.28 bits per heavy atom. The van der Waals surface area contributed by atoms with Crippen LogP contribution in [0.4, 0.5) is 0 Å². The molecule has 1 aromatic heterocycles. The number of carbonyl (C=O) groups is 1. The summed E-state index contributed by atoms with van der Waals surface area (Å²) in [6.45, 7) is 3.73. The van der Waals surface area contributed by atoms with Crippen LogP contribution in [0.25, 0.3) is 0 Å². The van der Waals surface area contributed by atoms with Gasteiger partial charge in [-0.3, -0.25) is 4.79 Å². The number of rotatable bonds is 3. The Morgan fingerprint density at radius 1 is 1.50 bits per heavy atom. The molecule has 0 aliphatic heterocycles. The third-order valence-corrected chi connectivity index (χ3v) is 3.59. The van der Waals surface area contributed by atoms with E-state index in [2.05, 4.69) is 41.9 Å². The molecule has 0 aliphatic carbocycles. The standard InChI is InChI=1S/C11H12BrN5O/c1-6-4-3-5-8(9(6)12)11(18)13-7(2)10-14-16-17-15-10/h3-5,7H,1-2H3,(H,13,18)(H,14,15,16,17). The molecule has 2 aromatic rings. The van der Waals surface area contributed by atoms with Crippen LogP contribution in [0, 0.1) is 6.92 Å². The lowest BCUT2D eigenvalue weighted by Crippen LogP contribution is -2.27. The summed E-state index contributed by atoms with van der Waals surface area (Å²) < 4.78 is 0.794. The minimum Gasteiger partial charge on any atom is -0.342 e. The number of H-pyrrole nitrogens is 1. The molecule has 1 atom stereocenters. The van der Waals surface area contributed by atoms with Gasteiger partial charge in [0.15, 0.2) is 5.82 Å². The zero-order valence-electron chi connectivity index (χ0n) is 9.94. The van der Waals surface area contributed by atoms with Gasteiger partial charge in [0.25, 0.3) is 5.91 Å². The Bertz CT molecular complexity index is 555. The molecule has 2 N–H and O–H groups in total. The number of nitrogens with one attached hydrogen (secondary N) is 2. The highest BCUT2D eigenvalue weighted by molar-refractivity contribution is 9.10. The maximum atomic E-state index is 12.1. The van der Waals surface area contributed by atoms with Gasteiger partial charge in [-0.25, -0.2) is 0 Å². The van der Waals surface area contributed by atoms with Crippen LogP contribution in [-0.2, 0) is 0 Å². The quantitative estimate of drug-likeness (QED) is 0.905. The minimum absolute atomic E-state index is 0.178. The van der Waals surface area contributed by atoms with Crippen molar-refractivity contribution >= 4 is 21.8 Å². The van der Waals surface area contributed by atoms with Crippen molar-refractivity contribution in [1.29, 1.82) is 0 Å². The zero-order valence-corrected chi connectivity index (χ0v) is 11.5. The van der Waals surface area contributed by atoms with Crippen LogP contribution in [-0.4, -0.2) is 26.5 Å². The number of aromatic amines is 1. The molecule has 0 bridgehead atoms. The first-order valence-electron chi connectivity index (χ1n) is 5.39. The number of benzene rings is 1. The van der Waals surface area contributed by atoms with Crippen LogP contribution in [0.2, 0.25) is 0 Å².